The van der Waals surface area contributed by atoms with Crippen molar-refractivity contribution in [2.75, 3.05) is 12.8 Å². The number of hydrogen-bond acceptors (Lipinski definition) is 3. The van der Waals surface area contributed by atoms with Crippen LogP contribution in [0.2, 0.25) is 0 Å². The van der Waals surface area contributed by atoms with Gasteiger partial charge in [0.25, 0.3) is 0 Å². The Bertz CT molecular complexity index is 235. The van der Waals surface area contributed by atoms with Gasteiger partial charge in [0.2, 0.25) is 0 Å². The second-order valence-corrected chi connectivity index (χ2v) is 9.25. The van der Waals surface area contributed by atoms with Crippen LogP contribution in [0.25, 0.3) is 0 Å². The van der Waals surface area contributed by atoms with Gasteiger partial charge in [-0.1, -0.05) is 65.7 Å². The SMILES string of the molecule is CCCCCCCCCC(NC)C1CSC(C)C(C)S1. The van der Waals surface area contributed by atoms with Crippen LogP contribution in [0.1, 0.15) is 72.1 Å². The summed E-state index contributed by atoms with van der Waals surface area (Å²) in [7, 11) is 2.15. The lowest BCUT2D eigenvalue weighted by Crippen LogP contribution is -2.41. The van der Waals surface area contributed by atoms with Gasteiger partial charge in [-0.3, -0.25) is 0 Å². The first-order valence-electron chi connectivity index (χ1n) is 8.63. The quantitative estimate of drug-likeness (QED) is 0.546. The third-order valence-electron chi connectivity index (χ3n) is 4.51. The van der Waals surface area contributed by atoms with Crippen LogP contribution in [0.15, 0.2) is 0 Å². The Morgan fingerprint density at radius 2 is 1.65 bits per heavy atom. The molecule has 1 aliphatic heterocycles. The second-order valence-electron chi connectivity index (χ2n) is 6.22. The summed E-state index contributed by atoms with van der Waals surface area (Å²) < 4.78 is 0. The largest absolute Gasteiger partial charge is 0.316 e. The third-order valence-corrected chi connectivity index (χ3v) is 8.06. The van der Waals surface area contributed by atoms with Gasteiger partial charge in [0.05, 0.1) is 0 Å². The van der Waals surface area contributed by atoms with Crippen LogP contribution < -0.4 is 5.32 Å². The summed E-state index contributed by atoms with van der Waals surface area (Å²) in [5, 5.41) is 6.04. The molecule has 0 radical (unpaired) electrons. The lowest BCUT2D eigenvalue weighted by atomic mass is 10.0. The fraction of sp³-hybridized carbons (Fsp3) is 1.00. The van der Waals surface area contributed by atoms with E-state index < -0.39 is 0 Å². The number of hydrogen-bond donors (Lipinski definition) is 1. The first kappa shape index (κ1) is 18.7. The molecule has 1 heterocycles. The van der Waals surface area contributed by atoms with Crippen LogP contribution >= 0.6 is 23.5 Å². The highest BCUT2D eigenvalue weighted by Crippen LogP contribution is 2.37. The lowest BCUT2D eigenvalue weighted by molar-refractivity contribution is 0.478. The highest BCUT2D eigenvalue weighted by molar-refractivity contribution is 8.07. The fourth-order valence-corrected chi connectivity index (χ4v) is 6.07. The summed E-state index contributed by atoms with van der Waals surface area (Å²) >= 11 is 4.39. The van der Waals surface area contributed by atoms with Gasteiger partial charge in [0.15, 0.2) is 0 Å². The van der Waals surface area contributed by atoms with Crippen molar-refractivity contribution < 1.29 is 0 Å². The van der Waals surface area contributed by atoms with E-state index in [0.29, 0.717) is 0 Å². The van der Waals surface area contributed by atoms with E-state index in [1.54, 1.807) is 0 Å². The molecule has 0 aliphatic carbocycles. The van der Waals surface area contributed by atoms with E-state index in [0.717, 1.165) is 21.8 Å². The van der Waals surface area contributed by atoms with Gasteiger partial charge in [-0.15, -0.1) is 0 Å². The van der Waals surface area contributed by atoms with E-state index in [4.69, 9.17) is 0 Å². The predicted molar refractivity (Wildman–Crippen MR) is 98.2 cm³/mol. The van der Waals surface area contributed by atoms with Crippen molar-refractivity contribution in [1.29, 1.82) is 0 Å². The lowest BCUT2D eigenvalue weighted by Gasteiger charge is -2.36. The molecule has 1 rings (SSSR count). The van der Waals surface area contributed by atoms with Crippen LogP contribution in [0.4, 0.5) is 0 Å². The summed E-state index contributed by atoms with van der Waals surface area (Å²) in [6.07, 6.45) is 11.3. The van der Waals surface area contributed by atoms with E-state index in [9.17, 15) is 0 Å². The Morgan fingerprint density at radius 3 is 2.25 bits per heavy atom. The summed E-state index contributed by atoms with van der Waals surface area (Å²) in [4.78, 5) is 0. The van der Waals surface area contributed by atoms with Crippen LogP contribution in [-0.4, -0.2) is 34.6 Å². The maximum Gasteiger partial charge on any atom is 0.0294 e. The van der Waals surface area contributed by atoms with Crippen molar-refractivity contribution in [1.82, 2.24) is 5.32 Å². The molecule has 1 aliphatic rings. The maximum absolute atomic E-state index is 3.58. The van der Waals surface area contributed by atoms with Crippen LogP contribution in [0.5, 0.6) is 0 Å². The first-order valence-corrected chi connectivity index (χ1v) is 10.6. The van der Waals surface area contributed by atoms with Crippen LogP contribution in [0.3, 0.4) is 0 Å². The second kappa shape index (κ2) is 11.3. The smallest absolute Gasteiger partial charge is 0.0294 e. The summed E-state index contributed by atoms with van der Waals surface area (Å²) in [5.74, 6) is 1.33. The van der Waals surface area contributed by atoms with Gasteiger partial charge < -0.3 is 5.32 Å². The van der Waals surface area contributed by atoms with E-state index in [2.05, 4.69) is 56.7 Å². The van der Waals surface area contributed by atoms with Crippen molar-refractivity contribution in [2.45, 2.75) is 93.9 Å². The standard InChI is InChI=1S/C17H35NS2/c1-5-6-7-8-9-10-11-12-16(18-4)17-13-19-14(2)15(3)20-17/h14-18H,5-13H2,1-4H3. The predicted octanol–water partition coefficient (Wildman–Crippen LogP) is 5.34. The van der Waals surface area contributed by atoms with Crippen molar-refractivity contribution in [3.8, 4) is 0 Å². The minimum atomic E-state index is 0.720. The fourth-order valence-electron chi connectivity index (χ4n) is 2.86. The van der Waals surface area contributed by atoms with E-state index in [1.807, 2.05) is 0 Å². The Kier molecular flexibility index (Phi) is 10.5. The topological polar surface area (TPSA) is 12.0 Å². The Balaban J connectivity index is 2.13. The van der Waals surface area contributed by atoms with Gasteiger partial charge in [-0.05, 0) is 13.5 Å². The van der Waals surface area contributed by atoms with Crippen molar-refractivity contribution in [3.05, 3.63) is 0 Å². The highest BCUT2D eigenvalue weighted by atomic mass is 32.2. The average Bonchev–Trinajstić information content (AvgIpc) is 2.45. The molecule has 4 atom stereocenters. The number of nitrogens with one attached hydrogen (secondary N) is 1. The molecule has 1 fully saturated rings. The molecule has 0 aromatic rings. The first-order chi connectivity index (χ1) is 9.69. The van der Waals surface area contributed by atoms with Crippen LogP contribution in [-0.2, 0) is 0 Å². The van der Waals surface area contributed by atoms with Crippen LogP contribution in [0, 0.1) is 0 Å². The molecule has 0 aromatic heterocycles. The molecule has 4 unspecified atom stereocenters. The minimum Gasteiger partial charge on any atom is -0.316 e. The Hall–Kier alpha value is 0.660. The van der Waals surface area contributed by atoms with Gasteiger partial charge in [-0.2, -0.15) is 23.5 Å². The summed E-state index contributed by atoms with van der Waals surface area (Å²) in [6.45, 7) is 7.07. The zero-order chi connectivity index (χ0) is 14.8. The molecular formula is C17H35NS2. The molecule has 120 valence electrons. The number of rotatable bonds is 10. The molecule has 0 saturated carbocycles. The van der Waals surface area contributed by atoms with E-state index >= 15 is 0 Å². The van der Waals surface area contributed by atoms with Crippen molar-refractivity contribution in [3.63, 3.8) is 0 Å². The number of thioether (sulfide) groups is 2. The monoisotopic (exact) mass is 317 g/mol. The average molecular weight is 318 g/mol. The van der Waals surface area contributed by atoms with E-state index in [1.165, 1.54) is 57.1 Å². The Morgan fingerprint density at radius 1 is 1.00 bits per heavy atom. The van der Waals surface area contributed by atoms with E-state index in [-0.39, 0.29) is 0 Å². The normalized spacial score (nSPS) is 28.5. The molecule has 1 saturated heterocycles. The summed E-state index contributed by atoms with van der Waals surface area (Å²) in [5.41, 5.74) is 0. The molecule has 1 N–H and O–H groups in total. The molecule has 0 aromatic carbocycles. The minimum absolute atomic E-state index is 0.720. The molecular weight excluding hydrogens is 282 g/mol. The van der Waals surface area contributed by atoms with Gasteiger partial charge in [0, 0.05) is 27.5 Å². The van der Waals surface area contributed by atoms with Gasteiger partial charge in [0.1, 0.15) is 0 Å². The Labute approximate surface area is 135 Å². The number of unbranched alkanes of at least 4 members (excludes halogenated alkanes) is 6. The zero-order valence-corrected chi connectivity index (χ0v) is 15.6. The molecule has 20 heavy (non-hydrogen) atoms. The molecule has 0 spiro atoms. The summed E-state index contributed by atoms with van der Waals surface area (Å²) in [6, 6.07) is 0.720. The van der Waals surface area contributed by atoms with Gasteiger partial charge >= 0.3 is 0 Å². The molecule has 1 nitrogen and oxygen atoms in total. The molecule has 3 heteroatoms. The molecule has 0 bridgehead atoms. The third kappa shape index (κ3) is 7.09. The van der Waals surface area contributed by atoms with Gasteiger partial charge in [-0.25, -0.2) is 0 Å². The highest BCUT2D eigenvalue weighted by Gasteiger charge is 2.30. The molecule has 0 amide bonds. The van der Waals surface area contributed by atoms with Crippen molar-refractivity contribution in [2.24, 2.45) is 0 Å². The van der Waals surface area contributed by atoms with Crippen molar-refractivity contribution >= 4 is 23.5 Å². The maximum atomic E-state index is 3.58. The zero-order valence-electron chi connectivity index (χ0n) is 14.0.